The van der Waals surface area contributed by atoms with Gasteiger partial charge in [-0.1, -0.05) is 55.0 Å². The van der Waals surface area contributed by atoms with E-state index in [1.807, 2.05) is 60.7 Å². The molecule has 1 fully saturated rings. The van der Waals surface area contributed by atoms with Crippen molar-refractivity contribution in [3.8, 4) is 11.3 Å². The first-order valence-corrected chi connectivity index (χ1v) is 9.12. The van der Waals surface area contributed by atoms with Crippen LogP contribution in [0.3, 0.4) is 0 Å². The monoisotopic (exact) mass is 343 g/mol. The van der Waals surface area contributed by atoms with Crippen molar-refractivity contribution >= 4 is 22.5 Å². The van der Waals surface area contributed by atoms with Gasteiger partial charge in [-0.2, -0.15) is 5.10 Å². The molecule has 1 heterocycles. The molecule has 4 heteroatoms. The fourth-order valence-electron chi connectivity index (χ4n) is 3.38. The molecular weight excluding hydrogens is 322 g/mol. The van der Waals surface area contributed by atoms with Crippen LogP contribution in [0.2, 0.25) is 0 Å². The van der Waals surface area contributed by atoms with Gasteiger partial charge in [-0.25, -0.2) is 10.4 Å². The van der Waals surface area contributed by atoms with Gasteiger partial charge in [-0.15, -0.1) is 0 Å². The number of carbonyl (C=O) groups is 1. The molecule has 0 bridgehead atoms. The molecule has 1 aliphatic rings. The SMILES string of the molecule is O=C(NN=C1CCCCC1)c1cc(-c2ccccc2)nc2ccccc12. The zero-order valence-electron chi connectivity index (χ0n) is 14.6. The molecule has 3 aromatic rings. The molecule has 4 nitrogen and oxygen atoms in total. The van der Waals surface area contributed by atoms with Gasteiger partial charge >= 0.3 is 0 Å². The normalized spacial score (nSPS) is 14.2. The van der Waals surface area contributed by atoms with Crippen LogP contribution in [-0.4, -0.2) is 16.6 Å². The van der Waals surface area contributed by atoms with E-state index in [-0.39, 0.29) is 5.91 Å². The van der Waals surface area contributed by atoms with Gasteiger partial charge in [0, 0.05) is 16.7 Å². The minimum atomic E-state index is -0.182. The number of carbonyl (C=O) groups excluding carboxylic acids is 1. The molecular formula is C22H21N3O. The van der Waals surface area contributed by atoms with Gasteiger partial charge in [0.05, 0.1) is 16.8 Å². The summed E-state index contributed by atoms with van der Waals surface area (Å²) in [5.41, 5.74) is 7.05. The van der Waals surface area contributed by atoms with E-state index in [1.54, 1.807) is 0 Å². The average molecular weight is 343 g/mol. The van der Waals surface area contributed by atoms with Crippen LogP contribution in [-0.2, 0) is 0 Å². The van der Waals surface area contributed by atoms with Crippen molar-refractivity contribution in [2.24, 2.45) is 5.10 Å². The van der Waals surface area contributed by atoms with Crippen molar-refractivity contribution < 1.29 is 4.79 Å². The Balaban J connectivity index is 1.71. The van der Waals surface area contributed by atoms with Crippen molar-refractivity contribution in [1.29, 1.82) is 0 Å². The number of benzene rings is 2. The van der Waals surface area contributed by atoms with E-state index in [0.717, 1.165) is 53.6 Å². The number of nitrogens with one attached hydrogen (secondary N) is 1. The quantitative estimate of drug-likeness (QED) is 0.684. The molecule has 26 heavy (non-hydrogen) atoms. The molecule has 0 radical (unpaired) electrons. The zero-order chi connectivity index (χ0) is 17.8. The number of pyridine rings is 1. The summed E-state index contributed by atoms with van der Waals surface area (Å²) in [7, 11) is 0. The molecule has 0 unspecified atom stereocenters. The first kappa shape index (κ1) is 16.5. The average Bonchev–Trinajstić information content (AvgIpc) is 2.72. The molecule has 1 amide bonds. The Bertz CT molecular complexity index is 956. The van der Waals surface area contributed by atoms with Gasteiger partial charge in [0.25, 0.3) is 5.91 Å². The van der Waals surface area contributed by atoms with E-state index in [1.165, 1.54) is 6.42 Å². The minimum Gasteiger partial charge on any atom is -0.267 e. The molecule has 0 spiro atoms. The molecule has 1 N–H and O–H groups in total. The van der Waals surface area contributed by atoms with Crippen LogP contribution < -0.4 is 5.43 Å². The van der Waals surface area contributed by atoms with Crippen LogP contribution >= 0.6 is 0 Å². The van der Waals surface area contributed by atoms with E-state index in [4.69, 9.17) is 4.98 Å². The standard InChI is InChI=1S/C22H21N3O/c26-22(25-24-17-11-5-2-6-12-17)19-15-21(16-9-3-1-4-10-16)23-20-14-8-7-13-18(19)20/h1,3-4,7-10,13-15H,2,5-6,11-12H2,(H,25,26). The lowest BCUT2D eigenvalue weighted by molar-refractivity contribution is 0.0956. The number of amides is 1. The van der Waals surface area contributed by atoms with Crippen molar-refractivity contribution in [1.82, 2.24) is 10.4 Å². The van der Waals surface area contributed by atoms with Gasteiger partial charge in [0.15, 0.2) is 0 Å². The van der Waals surface area contributed by atoms with E-state index in [0.29, 0.717) is 5.56 Å². The highest BCUT2D eigenvalue weighted by molar-refractivity contribution is 6.07. The Morgan fingerprint density at radius 1 is 0.923 bits per heavy atom. The number of para-hydroxylation sites is 1. The highest BCUT2D eigenvalue weighted by Crippen LogP contribution is 2.25. The number of fused-ring (bicyclic) bond motifs is 1. The summed E-state index contributed by atoms with van der Waals surface area (Å²) >= 11 is 0. The van der Waals surface area contributed by atoms with E-state index >= 15 is 0 Å². The summed E-state index contributed by atoms with van der Waals surface area (Å²) in [6.07, 6.45) is 5.53. The largest absolute Gasteiger partial charge is 0.272 e. The molecule has 4 rings (SSSR count). The predicted molar refractivity (Wildman–Crippen MR) is 105 cm³/mol. The minimum absolute atomic E-state index is 0.182. The van der Waals surface area contributed by atoms with Crippen LogP contribution in [0.5, 0.6) is 0 Å². The second-order valence-corrected chi connectivity index (χ2v) is 6.62. The van der Waals surface area contributed by atoms with Gasteiger partial charge in [0.2, 0.25) is 0 Å². The molecule has 0 saturated heterocycles. The van der Waals surface area contributed by atoms with Crippen molar-refractivity contribution in [2.75, 3.05) is 0 Å². The molecule has 0 atom stereocenters. The summed E-state index contributed by atoms with van der Waals surface area (Å²) in [6, 6.07) is 19.5. The zero-order valence-corrected chi connectivity index (χ0v) is 14.6. The highest BCUT2D eigenvalue weighted by atomic mass is 16.2. The lowest BCUT2D eigenvalue weighted by Crippen LogP contribution is -2.21. The van der Waals surface area contributed by atoms with Crippen molar-refractivity contribution in [3.63, 3.8) is 0 Å². The summed E-state index contributed by atoms with van der Waals surface area (Å²) in [5, 5.41) is 5.21. The van der Waals surface area contributed by atoms with Crippen LogP contribution in [0, 0.1) is 0 Å². The predicted octanol–water partition coefficient (Wildman–Crippen LogP) is 4.95. The van der Waals surface area contributed by atoms with Crippen molar-refractivity contribution in [3.05, 3.63) is 66.2 Å². The van der Waals surface area contributed by atoms with Crippen LogP contribution in [0.25, 0.3) is 22.2 Å². The Labute approximate surface area is 153 Å². The molecule has 0 aliphatic heterocycles. The van der Waals surface area contributed by atoms with E-state index in [9.17, 15) is 4.79 Å². The summed E-state index contributed by atoms with van der Waals surface area (Å²) in [5.74, 6) is -0.182. The lowest BCUT2D eigenvalue weighted by atomic mass is 9.99. The van der Waals surface area contributed by atoms with Gasteiger partial charge < -0.3 is 0 Å². The number of nitrogens with zero attached hydrogens (tertiary/aromatic N) is 2. The molecule has 2 aromatic carbocycles. The van der Waals surface area contributed by atoms with Crippen LogP contribution in [0.1, 0.15) is 42.5 Å². The fraction of sp³-hybridized carbons (Fsp3) is 0.227. The number of rotatable bonds is 3. The summed E-state index contributed by atoms with van der Waals surface area (Å²) in [6.45, 7) is 0. The second-order valence-electron chi connectivity index (χ2n) is 6.62. The molecule has 130 valence electrons. The molecule has 1 saturated carbocycles. The van der Waals surface area contributed by atoms with E-state index < -0.39 is 0 Å². The first-order valence-electron chi connectivity index (χ1n) is 9.12. The maximum Gasteiger partial charge on any atom is 0.272 e. The maximum atomic E-state index is 12.8. The van der Waals surface area contributed by atoms with E-state index in [2.05, 4.69) is 10.5 Å². The second kappa shape index (κ2) is 7.48. The third-order valence-electron chi connectivity index (χ3n) is 4.78. The van der Waals surface area contributed by atoms with Crippen molar-refractivity contribution in [2.45, 2.75) is 32.1 Å². The number of aromatic nitrogens is 1. The van der Waals surface area contributed by atoms with Crippen LogP contribution in [0.4, 0.5) is 0 Å². The number of hydrogen-bond acceptors (Lipinski definition) is 3. The van der Waals surface area contributed by atoms with Gasteiger partial charge in [-0.3, -0.25) is 4.79 Å². The number of hydrazone groups is 1. The van der Waals surface area contributed by atoms with Gasteiger partial charge in [0.1, 0.15) is 0 Å². The fourth-order valence-corrected chi connectivity index (χ4v) is 3.38. The number of hydrogen-bond donors (Lipinski definition) is 1. The first-order chi connectivity index (χ1) is 12.8. The maximum absolute atomic E-state index is 12.8. The molecule has 1 aromatic heterocycles. The Hall–Kier alpha value is -3.01. The summed E-state index contributed by atoms with van der Waals surface area (Å²) in [4.78, 5) is 17.6. The topological polar surface area (TPSA) is 54.4 Å². The Kier molecular flexibility index (Phi) is 4.73. The van der Waals surface area contributed by atoms with Gasteiger partial charge in [-0.05, 0) is 37.8 Å². The highest BCUT2D eigenvalue weighted by Gasteiger charge is 2.14. The third kappa shape index (κ3) is 3.49. The summed E-state index contributed by atoms with van der Waals surface area (Å²) < 4.78 is 0. The lowest BCUT2D eigenvalue weighted by Gasteiger charge is -2.13. The smallest absolute Gasteiger partial charge is 0.267 e. The Morgan fingerprint density at radius 2 is 1.65 bits per heavy atom. The molecule has 1 aliphatic carbocycles. The third-order valence-corrected chi connectivity index (χ3v) is 4.78. The Morgan fingerprint density at radius 3 is 2.46 bits per heavy atom. The van der Waals surface area contributed by atoms with Crippen LogP contribution in [0.15, 0.2) is 65.8 Å².